The number of nitrogens with one attached hydrogen (secondary N) is 1. The van der Waals surface area contributed by atoms with Crippen LogP contribution in [0.2, 0.25) is 0 Å². The van der Waals surface area contributed by atoms with Crippen LogP contribution in [0.5, 0.6) is 0 Å². The Morgan fingerprint density at radius 2 is 1.91 bits per heavy atom. The summed E-state index contributed by atoms with van der Waals surface area (Å²) in [6.45, 7) is 13.3. The minimum atomic E-state index is -0.590. The van der Waals surface area contributed by atoms with E-state index >= 15 is 0 Å². The average Bonchev–Trinajstić information content (AvgIpc) is 3.49. The monoisotopic (exact) mass is 613 g/mol. The van der Waals surface area contributed by atoms with Crippen LogP contribution in [0.15, 0.2) is 30.9 Å². The molecule has 0 bridgehead atoms. The number of fused-ring (bicyclic) bond motifs is 1. The molecule has 10 nitrogen and oxygen atoms in total. The van der Waals surface area contributed by atoms with Crippen molar-refractivity contribution in [2.24, 2.45) is 18.9 Å². The summed E-state index contributed by atoms with van der Waals surface area (Å²) in [5.74, 6) is 1.66. The highest BCUT2D eigenvalue weighted by Crippen LogP contribution is 2.51. The SMILES string of the molecule is CC1CC(c2cncc(NC(=O)c3cc(CN(CC4CCC4)C(=O)OC(C)(C)C)c4c(n3)C(C)(C)CC4)c2)(c2nncn2C)C1. The molecular formula is C35H47N7O3. The van der Waals surface area contributed by atoms with E-state index in [-0.39, 0.29) is 22.8 Å². The molecule has 3 aromatic rings. The van der Waals surface area contributed by atoms with Crippen LogP contribution in [0.1, 0.15) is 119 Å². The van der Waals surface area contributed by atoms with Gasteiger partial charge in [0.15, 0.2) is 0 Å². The Kier molecular flexibility index (Phi) is 7.98. The second-order valence-electron chi connectivity index (χ2n) is 15.3. The normalized spacial score (nSPS) is 22.2. The second kappa shape index (κ2) is 11.5. The van der Waals surface area contributed by atoms with Gasteiger partial charge in [-0.3, -0.25) is 9.78 Å². The molecule has 6 rings (SSSR count). The first-order valence-corrected chi connectivity index (χ1v) is 16.4. The number of hydrogen-bond acceptors (Lipinski definition) is 7. The van der Waals surface area contributed by atoms with E-state index in [1.807, 2.05) is 55.6 Å². The quantitative estimate of drug-likeness (QED) is 0.316. The number of carbonyl (C=O) groups excluding carboxylic acids is 2. The van der Waals surface area contributed by atoms with E-state index in [9.17, 15) is 9.59 Å². The summed E-state index contributed by atoms with van der Waals surface area (Å²) in [7, 11) is 1.97. The maximum Gasteiger partial charge on any atom is 0.410 e. The summed E-state index contributed by atoms with van der Waals surface area (Å²) in [5.41, 5.74) is 3.98. The van der Waals surface area contributed by atoms with E-state index in [1.54, 1.807) is 12.5 Å². The molecule has 0 radical (unpaired) electrons. The fourth-order valence-corrected chi connectivity index (χ4v) is 7.36. The molecular weight excluding hydrogens is 566 g/mol. The summed E-state index contributed by atoms with van der Waals surface area (Å²) in [5, 5.41) is 11.7. The zero-order valence-corrected chi connectivity index (χ0v) is 27.8. The third-order valence-electron chi connectivity index (χ3n) is 9.89. The molecule has 2 amide bonds. The first-order chi connectivity index (χ1) is 21.2. The number of pyridine rings is 2. The number of nitrogens with zero attached hydrogens (tertiary/aromatic N) is 6. The van der Waals surface area contributed by atoms with Crippen LogP contribution in [0, 0.1) is 11.8 Å². The predicted octanol–water partition coefficient (Wildman–Crippen LogP) is 6.33. The van der Waals surface area contributed by atoms with Gasteiger partial charge >= 0.3 is 6.09 Å². The van der Waals surface area contributed by atoms with E-state index in [0.29, 0.717) is 36.3 Å². The summed E-state index contributed by atoms with van der Waals surface area (Å²) in [6, 6.07) is 3.88. The number of hydrogen-bond donors (Lipinski definition) is 1. The molecule has 0 aromatic carbocycles. The summed E-state index contributed by atoms with van der Waals surface area (Å²) < 4.78 is 7.80. The number of aromatic nitrogens is 5. The van der Waals surface area contributed by atoms with Crippen LogP contribution < -0.4 is 5.32 Å². The van der Waals surface area contributed by atoms with Gasteiger partial charge in [0, 0.05) is 31.7 Å². The van der Waals surface area contributed by atoms with Gasteiger partial charge in [0.25, 0.3) is 5.91 Å². The van der Waals surface area contributed by atoms with Crippen LogP contribution in [0.4, 0.5) is 10.5 Å². The van der Waals surface area contributed by atoms with Crippen molar-refractivity contribution in [2.45, 2.75) is 109 Å². The maximum absolute atomic E-state index is 13.9. The Hall–Kier alpha value is -3.82. The molecule has 0 spiro atoms. The standard InChI is InChI=1S/C35H47N7O3/c1-22-15-35(16-22,31-40-37-21-41(31)7)25-14-26(18-36-17-25)38-30(43)28-13-24(27-11-12-34(5,6)29(27)39-28)20-42(19-23-9-8-10-23)32(44)45-33(2,3)4/h13-14,17-18,21-23H,8-12,15-16,19-20H2,1-7H3,(H,38,43). The molecule has 0 atom stereocenters. The van der Waals surface area contributed by atoms with Crippen molar-refractivity contribution in [2.75, 3.05) is 11.9 Å². The summed E-state index contributed by atoms with van der Waals surface area (Å²) in [4.78, 5) is 38.5. The molecule has 10 heteroatoms. The lowest BCUT2D eigenvalue weighted by Crippen LogP contribution is -2.43. The lowest BCUT2D eigenvalue weighted by molar-refractivity contribution is 0.0172. The van der Waals surface area contributed by atoms with Crippen molar-refractivity contribution in [1.29, 1.82) is 0 Å². The lowest BCUT2D eigenvalue weighted by atomic mass is 9.59. The highest BCUT2D eigenvalue weighted by atomic mass is 16.6. The topological polar surface area (TPSA) is 115 Å². The molecule has 0 saturated heterocycles. The number of amides is 2. The minimum Gasteiger partial charge on any atom is -0.444 e. The van der Waals surface area contributed by atoms with Crippen LogP contribution in [-0.2, 0) is 35.6 Å². The fourth-order valence-electron chi connectivity index (χ4n) is 7.36. The van der Waals surface area contributed by atoms with Crippen LogP contribution in [-0.4, -0.2) is 53.8 Å². The van der Waals surface area contributed by atoms with Gasteiger partial charge in [-0.25, -0.2) is 9.78 Å². The largest absolute Gasteiger partial charge is 0.444 e. The van der Waals surface area contributed by atoms with Crippen molar-refractivity contribution in [3.05, 3.63) is 64.8 Å². The van der Waals surface area contributed by atoms with Gasteiger partial charge in [0.2, 0.25) is 0 Å². The van der Waals surface area contributed by atoms with Crippen LogP contribution >= 0.6 is 0 Å². The molecule has 0 aliphatic heterocycles. The molecule has 2 saturated carbocycles. The Labute approximate surface area is 266 Å². The molecule has 2 fully saturated rings. The van der Waals surface area contributed by atoms with Gasteiger partial charge in [0.1, 0.15) is 23.4 Å². The number of anilines is 1. The van der Waals surface area contributed by atoms with Gasteiger partial charge in [-0.05, 0) is 100.0 Å². The molecule has 3 aliphatic rings. The second-order valence-corrected chi connectivity index (χ2v) is 15.3. The lowest BCUT2D eigenvalue weighted by Gasteiger charge is -2.45. The predicted molar refractivity (Wildman–Crippen MR) is 172 cm³/mol. The Balaban J connectivity index is 1.29. The molecule has 240 valence electrons. The number of ether oxygens (including phenoxy) is 1. The molecule has 0 unspecified atom stereocenters. The Morgan fingerprint density at radius 3 is 2.53 bits per heavy atom. The van der Waals surface area contributed by atoms with Gasteiger partial charge < -0.3 is 19.5 Å². The van der Waals surface area contributed by atoms with Gasteiger partial charge in [-0.1, -0.05) is 27.2 Å². The van der Waals surface area contributed by atoms with E-state index in [2.05, 4.69) is 41.3 Å². The average molecular weight is 614 g/mol. The van der Waals surface area contributed by atoms with Crippen molar-refractivity contribution < 1.29 is 14.3 Å². The molecule has 45 heavy (non-hydrogen) atoms. The van der Waals surface area contributed by atoms with Gasteiger partial charge in [-0.2, -0.15) is 0 Å². The van der Waals surface area contributed by atoms with Gasteiger partial charge in [-0.15, -0.1) is 10.2 Å². The summed E-state index contributed by atoms with van der Waals surface area (Å²) in [6.07, 6.45) is 12.1. The summed E-state index contributed by atoms with van der Waals surface area (Å²) >= 11 is 0. The van der Waals surface area contributed by atoms with Crippen LogP contribution in [0.3, 0.4) is 0 Å². The van der Waals surface area contributed by atoms with Crippen molar-refractivity contribution in [1.82, 2.24) is 29.6 Å². The highest BCUT2D eigenvalue weighted by Gasteiger charge is 2.48. The zero-order valence-electron chi connectivity index (χ0n) is 27.8. The molecule has 3 aromatic heterocycles. The van der Waals surface area contributed by atoms with E-state index in [0.717, 1.165) is 66.7 Å². The fraction of sp³-hybridized carbons (Fsp3) is 0.600. The molecule has 3 heterocycles. The highest BCUT2D eigenvalue weighted by molar-refractivity contribution is 6.03. The molecule has 3 aliphatic carbocycles. The zero-order chi connectivity index (χ0) is 32.1. The van der Waals surface area contributed by atoms with E-state index < -0.39 is 5.60 Å². The third kappa shape index (κ3) is 6.20. The maximum atomic E-state index is 13.9. The Bertz CT molecular complexity index is 1590. The van der Waals surface area contributed by atoms with Crippen molar-refractivity contribution in [3.63, 3.8) is 0 Å². The van der Waals surface area contributed by atoms with E-state index in [1.165, 1.54) is 6.42 Å². The number of carbonyl (C=O) groups is 2. The number of rotatable bonds is 8. The van der Waals surface area contributed by atoms with Crippen molar-refractivity contribution in [3.8, 4) is 0 Å². The first-order valence-electron chi connectivity index (χ1n) is 16.4. The molecule has 1 N–H and O–H groups in total. The van der Waals surface area contributed by atoms with Crippen molar-refractivity contribution >= 4 is 17.7 Å². The number of aryl methyl sites for hydroxylation is 1. The van der Waals surface area contributed by atoms with E-state index in [4.69, 9.17) is 9.72 Å². The Morgan fingerprint density at radius 1 is 1.16 bits per heavy atom. The smallest absolute Gasteiger partial charge is 0.410 e. The third-order valence-corrected chi connectivity index (χ3v) is 9.89. The first kappa shape index (κ1) is 31.2. The minimum absolute atomic E-state index is 0.171. The van der Waals surface area contributed by atoms with Gasteiger partial charge in [0.05, 0.1) is 23.0 Å². The van der Waals surface area contributed by atoms with Crippen LogP contribution in [0.25, 0.3) is 0 Å².